The van der Waals surface area contributed by atoms with E-state index in [1.807, 2.05) is 45.7 Å². The predicted octanol–water partition coefficient (Wildman–Crippen LogP) is 4.86. The molecule has 0 saturated heterocycles. The van der Waals surface area contributed by atoms with E-state index in [1.54, 1.807) is 13.3 Å². The molecule has 6 rings (SSSR count). The van der Waals surface area contributed by atoms with Crippen molar-refractivity contribution >= 4 is 33.0 Å². The Morgan fingerprint density at radius 1 is 1.21 bits per heavy atom. The number of halogens is 1. The Hall–Kier alpha value is -3.92. The number of carbonyl (C=O) groups excluding carboxylic acids is 1. The Morgan fingerprint density at radius 3 is 2.97 bits per heavy atom. The number of ether oxygens (including phenoxy) is 2. The van der Waals surface area contributed by atoms with Gasteiger partial charge in [-0.15, -0.1) is 10.2 Å². The van der Waals surface area contributed by atoms with Gasteiger partial charge >= 0.3 is 6.16 Å². The van der Waals surface area contributed by atoms with Crippen LogP contribution in [0.4, 0.5) is 4.79 Å². The van der Waals surface area contributed by atoms with Crippen molar-refractivity contribution in [2.75, 3.05) is 6.61 Å². The molecule has 9 nitrogen and oxygen atoms in total. The van der Waals surface area contributed by atoms with Crippen LogP contribution in [0.25, 0.3) is 28.0 Å². The fraction of sp³-hybridized carbons (Fsp3) is 0.167. The highest BCUT2D eigenvalue weighted by Gasteiger charge is 2.28. The number of nitrogens with zero attached hydrogens (tertiary/aromatic N) is 5. The molecule has 4 heterocycles. The van der Waals surface area contributed by atoms with Crippen molar-refractivity contribution in [3.05, 3.63) is 76.5 Å². The maximum absolute atomic E-state index is 12.0. The number of hydrogen-bond donors (Lipinski definition) is 1. The standard InChI is InChI=1S/C24H19BrN6O3/c1-2-33-24(32)34-23-20-12-30-21(9-14-11-26-18-6-4-3-5-16(14)18)28-29-22(30)17-10-15(25)7-8-19(17)31(20)13-27-23/h3-8,10-11,13,26H,2,9,12H2,1H3. The Kier molecular flexibility index (Phi) is 4.95. The third-order valence-corrected chi connectivity index (χ3v) is 6.38. The minimum Gasteiger partial charge on any atom is -0.434 e. The minimum absolute atomic E-state index is 0.201. The van der Waals surface area contributed by atoms with Gasteiger partial charge in [0, 0.05) is 33.6 Å². The molecule has 34 heavy (non-hydrogen) atoms. The summed E-state index contributed by atoms with van der Waals surface area (Å²) in [5, 5.41) is 10.3. The van der Waals surface area contributed by atoms with Crippen molar-refractivity contribution in [3.63, 3.8) is 0 Å². The van der Waals surface area contributed by atoms with E-state index in [0.717, 1.165) is 43.8 Å². The Bertz CT molecular complexity index is 1550. The number of carbonyl (C=O) groups is 1. The third kappa shape index (κ3) is 3.38. The summed E-state index contributed by atoms with van der Waals surface area (Å²) in [6.45, 7) is 2.32. The minimum atomic E-state index is -0.785. The lowest BCUT2D eigenvalue weighted by atomic mass is 10.1. The summed E-state index contributed by atoms with van der Waals surface area (Å²) < 4.78 is 15.3. The molecule has 2 aromatic carbocycles. The summed E-state index contributed by atoms with van der Waals surface area (Å²) in [5.41, 5.74) is 4.67. The summed E-state index contributed by atoms with van der Waals surface area (Å²) in [7, 11) is 0. The molecule has 0 aliphatic carbocycles. The quantitative estimate of drug-likeness (QED) is 0.334. The number of para-hydroxylation sites is 1. The zero-order chi connectivity index (χ0) is 23.2. The number of benzene rings is 2. The molecule has 0 amide bonds. The van der Waals surface area contributed by atoms with Crippen molar-refractivity contribution in [2.45, 2.75) is 19.9 Å². The fourth-order valence-corrected chi connectivity index (χ4v) is 4.71. The molecule has 170 valence electrons. The topological polar surface area (TPSA) is 99.8 Å². The van der Waals surface area contributed by atoms with Gasteiger partial charge < -0.3 is 19.0 Å². The van der Waals surface area contributed by atoms with Crippen LogP contribution in [0.3, 0.4) is 0 Å². The molecule has 1 N–H and O–H groups in total. The maximum Gasteiger partial charge on any atom is 0.515 e. The average molecular weight is 519 g/mol. The Morgan fingerprint density at radius 2 is 2.09 bits per heavy atom. The van der Waals surface area contributed by atoms with Gasteiger partial charge in [0.2, 0.25) is 5.88 Å². The second-order valence-electron chi connectivity index (χ2n) is 7.88. The van der Waals surface area contributed by atoms with Crippen LogP contribution in [-0.2, 0) is 17.7 Å². The van der Waals surface area contributed by atoms with Crippen LogP contribution in [0.2, 0.25) is 0 Å². The van der Waals surface area contributed by atoms with Gasteiger partial charge in [-0.3, -0.25) is 4.57 Å². The van der Waals surface area contributed by atoms with Crippen LogP contribution in [0, 0.1) is 0 Å². The van der Waals surface area contributed by atoms with Crippen LogP contribution < -0.4 is 4.74 Å². The lowest BCUT2D eigenvalue weighted by Gasteiger charge is -2.09. The van der Waals surface area contributed by atoms with Crippen LogP contribution in [0.5, 0.6) is 5.88 Å². The van der Waals surface area contributed by atoms with Gasteiger partial charge in [-0.25, -0.2) is 9.78 Å². The highest BCUT2D eigenvalue weighted by molar-refractivity contribution is 9.10. The van der Waals surface area contributed by atoms with E-state index in [4.69, 9.17) is 9.47 Å². The second-order valence-corrected chi connectivity index (χ2v) is 8.79. The number of aromatic amines is 1. The summed E-state index contributed by atoms with van der Waals surface area (Å²) in [4.78, 5) is 19.7. The number of aromatic nitrogens is 6. The van der Waals surface area contributed by atoms with Crippen molar-refractivity contribution in [3.8, 4) is 23.0 Å². The van der Waals surface area contributed by atoms with E-state index in [9.17, 15) is 4.79 Å². The van der Waals surface area contributed by atoms with Crippen LogP contribution in [0.1, 0.15) is 24.0 Å². The predicted molar refractivity (Wildman–Crippen MR) is 128 cm³/mol. The SMILES string of the molecule is CCOC(=O)Oc1ncn2c1Cn1c(Cc3c[nH]c4ccccc34)nnc1-c1cc(Br)ccc1-2. The molecule has 0 unspecified atom stereocenters. The van der Waals surface area contributed by atoms with Gasteiger partial charge in [-0.05, 0) is 36.8 Å². The molecule has 1 aliphatic heterocycles. The van der Waals surface area contributed by atoms with Crippen LogP contribution >= 0.6 is 15.9 Å². The zero-order valence-electron chi connectivity index (χ0n) is 18.2. The molecular weight excluding hydrogens is 500 g/mol. The normalized spacial score (nSPS) is 12.1. The molecule has 0 saturated carbocycles. The molecule has 0 bridgehead atoms. The summed E-state index contributed by atoms with van der Waals surface area (Å²) in [5.74, 6) is 1.73. The lowest BCUT2D eigenvalue weighted by molar-refractivity contribution is 0.102. The molecule has 0 spiro atoms. The maximum atomic E-state index is 12.0. The number of nitrogens with one attached hydrogen (secondary N) is 1. The summed E-state index contributed by atoms with van der Waals surface area (Å²) >= 11 is 3.57. The first-order chi connectivity index (χ1) is 16.6. The van der Waals surface area contributed by atoms with Crippen molar-refractivity contribution in [1.29, 1.82) is 0 Å². The Labute approximate surface area is 202 Å². The Balaban J connectivity index is 1.48. The number of fused-ring (bicyclic) bond motifs is 6. The van der Waals surface area contributed by atoms with Gasteiger partial charge in [0.1, 0.15) is 17.8 Å². The largest absolute Gasteiger partial charge is 0.515 e. The average Bonchev–Trinajstić information content (AvgIpc) is 3.51. The molecule has 1 aliphatic rings. The number of H-pyrrole nitrogens is 1. The molecule has 0 fully saturated rings. The fourth-order valence-electron chi connectivity index (χ4n) is 4.35. The van der Waals surface area contributed by atoms with E-state index in [1.165, 1.54) is 0 Å². The molecule has 5 aromatic rings. The molecule has 0 atom stereocenters. The molecular formula is C24H19BrN6O3. The smallest absolute Gasteiger partial charge is 0.434 e. The van der Waals surface area contributed by atoms with Crippen molar-refractivity contribution in [2.24, 2.45) is 0 Å². The number of imidazole rings is 1. The van der Waals surface area contributed by atoms with E-state index in [0.29, 0.717) is 18.7 Å². The van der Waals surface area contributed by atoms with Gasteiger partial charge in [0.25, 0.3) is 0 Å². The van der Waals surface area contributed by atoms with E-state index >= 15 is 0 Å². The van der Waals surface area contributed by atoms with E-state index in [2.05, 4.69) is 48.2 Å². The van der Waals surface area contributed by atoms with Crippen molar-refractivity contribution < 1.29 is 14.3 Å². The van der Waals surface area contributed by atoms with Crippen LogP contribution in [-0.4, -0.2) is 42.1 Å². The molecule has 0 radical (unpaired) electrons. The number of rotatable bonds is 4. The lowest BCUT2D eigenvalue weighted by Crippen LogP contribution is -2.14. The van der Waals surface area contributed by atoms with Crippen molar-refractivity contribution in [1.82, 2.24) is 29.3 Å². The van der Waals surface area contributed by atoms with E-state index < -0.39 is 6.16 Å². The summed E-state index contributed by atoms with van der Waals surface area (Å²) in [6.07, 6.45) is 3.46. The van der Waals surface area contributed by atoms with Gasteiger partial charge in [0.05, 0.1) is 18.8 Å². The first kappa shape index (κ1) is 20.7. The number of hydrogen-bond acceptors (Lipinski definition) is 6. The van der Waals surface area contributed by atoms with Gasteiger partial charge in [-0.2, -0.15) is 0 Å². The van der Waals surface area contributed by atoms with Crippen LogP contribution in [0.15, 0.2) is 59.5 Å². The van der Waals surface area contributed by atoms with E-state index in [-0.39, 0.29) is 12.5 Å². The second kappa shape index (κ2) is 8.14. The summed E-state index contributed by atoms with van der Waals surface area (Å²) in [6, 6.07) is 14.1. The zero-order valence-corrected chi connectivity index (χ0v) is 19.7. The monoisotopic (exact) mass is 518 g/mol. The third-order valence-electron chi connectivity index (χ3n) is 5.89. The first-order valence-electron chi connectivity index (χ1n) is 10.8. The van der Waals surface area contributed by atoms with Gasteiger partial charge in [0.15, 0.2) is 5.82 Å². The van der Waals surface area contributed by atoms with Gasteiger partial charge in [-0.1, -0.05) is 34.1 Å². The highest BCUT2D eigenvalue weighted by atomic mass is 79.9. The first-order valence-corrected chi connectivity index (χ1v) is 11.6. The molecule has 10 heteroatoms. The molecule has 3 aromatic heterocycles. The highest BCUT2D eigenvalue weighted by Crippen LogP contribution is 2.36.